The molecule has 0 aromatic carbocycles. The van der Waals surface area contributed by atoms with Gasteiger partial charge >= 0.3 is 0 Å². The summed E-state index contributed by atoms with van der Waals surface area (Å²) < 4.78 is 15.6. The van der Waals surface area contributed by atoms with Gasteiger partial charge in [0.25, 0.3) is 5.95 Å². The van der Waals surface area contributed by atoms with Gasteiger partial charge in [0.05, 0.1) is 6.61 Å². The predicted octanol–water partition coefficient (Wildman–Crippen LogP) is -1.30. The molecular formula is C9H14O6. The van der Waals surface area contributed by atoms with Gasteiger partial charge in [0, 0.05) is 0 Å². The maximum Gasteiger partial charge on any atom is 0.277 e. The van der Waals surface area contributed by atoms with Gasteiger partial charge in [-0.15, -0.1) is 0 Å². The number of allylic oxidation sites excluding steroid dienone is 1. The first-order valence-corrected chi connectivity index (χ1v) is 4.79. The van der Waals surface area contributed by atoms with E-state index in [0.717, 1.165) is 0 Å². The molecule has 2 aliphatic rings. The van der Waals surface area contributed by atoms with Gasteiger partial charge in [-0.1, -0.05) is 0 Å². The van der Waals surface area contributed by atoms with E-state index in [1.54, 1.807) is 13.0 Å². The lowest BCUT2D eigenvalue weighted by molar-refractivity contribution is -0.250. The second-order valence-electron chi connectivity index (χ2n) is 3.51. The molecule has 2 saturated heterocycles. The first-order chi connectivity index (χ1) is 7.17. The third kappa shape index (κ3) is 1.69. The lowest BCUT2D eigenvalue weighted by Gasteiger charge is -2.35. The Morgan fingerprint density at radius 1 is 1.27 bits per heavy atom. The standard InChI is InChI=1S/C9H14O6/c1-2-5-14-8-7(12)6(11)4(3-10)13-9(8)15-5/h2,4,6-12H,3H2,1H3/b5-2+/t4-,6-,7+,8-,9-/m1/s1. The van der Waals surface area contributed by atoms with E-state index in [0.29, 0.717) is 0 Å². The van der Waals surface area contributed by atoms with Crippen LogP contribution in [-0.2, 0) is 14.2 Å². The van der Waals surface area contributed by atoms with Gasteiger partial charge in [0.1, 0.15) is 18.3 Å². The van der Waals surface area contributed by atoms with E-state index in [-0.39, 0.29) is 12.6 Å². The summed E-state index contributed by atoms with van der Waals surface area (Å²) >= 11 is 0. The van der Waals surface area contributed by atoms with Gasteiger partial charge in [-0.3, -0.25) is 0 Å². The zero-order valence-electron chi connectivity index (χ0n) is 8.24. The molecule has 2 heterocycles. The van der Waals surface area contributed by atoms with Crippen molar-refractivity contribution in [3.05, 3.63) is 12.0 Å². The number of fused-ring (bicyclic) bond motifs is 1. The minimum atomic E-state index is -1.17. The molecule has 5 atom stereocenters. The van der Waals surface area contributed by atoms with Crippen LogP contribution in [0.1, 0.15) is 6.92 Å². The van der Waals surface area contributed by atoms with Crippen molar-refractivity contribution >= 4 is 0 Å². The Hall–Kier alpha value is -0.820. The molecule has 0 spiro atoms. The smallest absolute Gasteiger partial charge is 0.277 e. The van der Waals surface area contributed by atoms with Crippen LogP contribution in [0, 0.1) is 0 Å². The van der Waals surface area contributed by atoms with E-state index < -0.39 is 30.7 Å². The first-order valence-electron chi connectivity index (χ1n) is 4.79. The minimum absolute atomic E-state index is 0.259. The molecule has 0 saturated carbocycles. The lowest BCUT2D eigenvalue weighted by Crippen LogP contribution is -2.57. The number of aliphatic hydroxyl groups excluding tert-OH is 3. The van der Waals surface area contributed by atoms with Crippen LogP contribution in [0.5, 0.6) is 0 Å². The van der Waals surface area contributed by atoms with Crippen LogP contribution in [0.4, 0.5) is 0 Å². The van der Waals surface area contributed by atoms with Crippen molar-refractivity contribution in [3.8, 4) is 0 Å². The monoisotopic (exact) mass is 218 g/mol. The number of ether oxygens (including phenoxy) is 3. The van der Waals surface area contributed by atoms with Crippen LogP contribution in [0.25, 0.3) is 0 Å². The van der Waals surface area contributed by atoms with Gasteiger partial charge in [-0.2, -0.15) is 0 Å². The van der Waals surface area contributed by atoms with Crippen LogP contribution < -0.4 is 0 Å². The SMILES string of the molecule is C/C=C1/O[C@H]2O[C@H](CO)[C@@H](O)[C@H](O)[C@H]2O1. The Balaban J connectivity index is 2.13. The third-order valence-electron chi connectivity index (χ3n) is 2.54. The van der Waals surface area contributed by atoms with Gasteiger partial charge in [0.15, 0.2) is 6.10 Å². The van der Waals surface area contributed by atoms with Crippen molar-refractivity contribution in [2.45, 2.75) is 37.6 Å². The molecule has 0 amide bonds. The molecule has 0 unspecified atom stereocenters. The maximum atomic E-state index is 9.69. The Morgan fingerprint density at radius 3 is 2.60 bits per heavy atom. The molecule has 6 heteroatoms. The molecule has 0 bridgehead atoms. The van der Waals surface area contributed by atoms with Gasteiger partial charge < -0.3 is 29.5 Å². The van der Waals surface area contributed by atoms with Crippen LogP contribution >= 0.6 is 0 Å². The Bertz CT molecular complexity index is 265. The van der Waals surface area contributed by atoms with Crippen molar-refractivity contribution in [1.82, 2.24) is 0 Å². The molecule has 86 valence electrons. The molecule has 0 radical (unpaired) electrons. The number of hydrogen-bond acceptors (Lipinski definition) is 6. The molecule has 2 fully saturated rings. The highest BCUT2D eigenvalue weighted by atomic mass is 16.8. The van der Waals surface area contributed by atoms with Crippen molar-refractivity contribution in [3.63, 3.8) is 0 Å². The summed E-state index contributed by atoms with van der Waals surface area (Å²) in [6.07, 6.45) is -3.06. The number of rotatable bonds is 1. The van der Waals surface area contributed by atoms with Gasteiger partial charge in [-0.25, -0.2) is 0 Å². The van der Waals surface area contributed by atoms with Gasteiger partial charge in [0.2, 0.25) is 6.29 Å². The normalized spacial score (nSPS) is 47.2. The summed E-state index contributed by atoms with van der Waals surface area (Å²) in [7, 11) is 0. The summed E-state index contributed by atoms with van der Waals surface area (Å²) in [6, 6.07) is 0. The number of aliphatic hydroxyl groups is 3. The average Bonchev–Trinajstić information content (AvgIpc) is 2.66. The van der Waals surface area contributed by atoms with E-state index in [2.05, 4.69) is 0 Å². The maximum absolute atomic E-state index is 9.69. The van der Waals surface area contributed by atoms with Crippen molar-refractivity contribution in [2.24, 2.45) is 0 Å². The Kier molecular flexibility index (Phi) is 2.83. The highest BCUT2D eigenvalue weighted by Gasteiger charge is 2.50. The Morgan fingerprint density at radius 2 is 2.00 bits per heavy atom. The zero-order valence-corrected chi connectivity index (χ0v) is 8.24. The molecule has 0 aromatic rings. The van der Waals surface area contributed by atoms with Crippen LogP contribution in [0.3, 0.4) is 0 Å². The van der Waals surface area contributed by atoms with E-state index >= 15 is 0 Å². The quantitative estimate of drug-likeness (QED) is 0.507. The molecular weight excluding hydrogens is 204 g/mol. The third-order valence-corrected chi connectivity index (χ3v) is 2.54. The van der Waals surface area contributed by atoms with Crippen LogP contribution in [-0.4, -0.2) is 52.6 Å². The summed E-state index contributed by atoms with van der Waals surface area (Å²) in [4.78, 5) is 0. The Labute approximate surface area is 86.7 Å². The van der Waals surface area contributed by atoms with E-state index in [1.807, 2.05) is 0 Å². The lowest BCUT2D eigenvalue weighted by atomic mass is 9.99. The van der Waals surface area contributed by atoms with E-state index in [9.17, 15) is 10.2 Å². The highest BCUT2D eigenvalue weighted by molar-refractivity contribution is 4.98. The first kappa shape index (κ1) is 10.7. The second-order valence-corrected chi connectivity index (χ2v) is 3.51. The minimum Gasteiger partial charge on any atom is -0.453 e. The number of hydrogen-bond donors (Lipinski definition) is 3. The summed E-state index contributed by atoms with van der Waals surface area (Å²) in [5.74, 6) is 0.259. The summed E-state index contributed by atoms with van der Waals surface area (Å²) in [5, 5.41) is 28.2. The second kappa shape index (κ2) is 3.97. The van der Waals surface area contributed by atoms with E-state index in [4.69, 9.17) is 19.3 Å². The topological polar surface area (TPSA) is 88.4 Å². The highest BCUT2D eigenvalue weighted by Crippen LogP contribution is 2.32. The van der Waals surface area contributed by atoms with Crippen molar-refractivity contribution in [1.29, 1.82) is 0 Å². The summed E-state index contributed by atoms with van der Waals surface area (Å²) in [6.45, 7) is 1.34. The fraction of sp³-hybridized carbons (Fsp3) is 0.778. The molecule has 3 N–H and O–H groups in total. The van der Waals surface area contributed by atoms with E-state index in [1.165, 1.54) is 0 Å². The molecule has 0 aromatic heterocycles. The fourth-order valence-corrected chi connectivity index (χ4v) is 1.69. The van der Waals surface area contributed by atoms with Crippen LogP contribution in [0.2, 0.25) is 0 Å². The molecule has 2 aliphatic heterocycles. The molecule has 0 aliphatic carbocycles. The van der Waals surface area contributed by atoms with Crippen LogP contribution in [0.15, 0.2) is 12.0 Å². The summed E-state index contributed by atoms with van der Waals surface area (Å²) in [5.41, 5.74) is 0. The van der Waals surface area contributed by atoms with Crippen molar-refractivity contribution in [2.75, 3.05) is 6.61 Å². The van der Waals surface area contributed by atoms with Gasteiger partial charge in [-0.05, 0) is 13.0 Å². The molecule has 15 heavy (non-hydrogen) atoms. The van der Waals surface area contributed by atoms with Crippen molar-refractivity contribution < 1.29 is 29.5 Å². The predicted molar refractivity (Wildman–Crippen MR) is 47.5 cm³/mol. The fourth-order valence-electron chi connectivity index (χ4n) is 1.69. The average molecular weight is 218 g/mol. The molecule has 6 nitrogen and oxygen atoms in total. The molecule has 2 rings (SSSR count). The largest absolute Gasteiger partial charge is 0.453 e. The zero-order chi connectivity index (χ0) is 11.0.